The number of benzene rings is 2. The molecule has 2 aromatic carbocycles. The number of nitrogens with one attached hydrogen (secondary N) is 1. The molecule has 1 fully saturated rings. The van der Waals surface area contributed by atoms with E-state index in [-0.39, 0.29) is 18.2 Å². The van der Waals surface area contributed by atoms with Gasteiger partial charge in [-0.1, -0.05) is 33.6 Å². The van der Waals surface area contributed by atoms with Gasteiger partial charge in [-0.2, -0.15) is 0 Å². The number of carbonyl (C=O) groups excluding carboxylic acids is 1. The van der Waals surface area contributed by atoms with Crippen molar-refractivity contribution in [3.63, 3.8) is 0 Å². The third-order valence-electron chi connectivity index (χ3n) is 5.02. The molecule has 2 atom stereocenters. The van der Waals surface area contributed by atoms with Crippen LogP contribution >= 0.6 is 27.5 Å². The second kappa shape index (κ2) is 7.84. The lowest BCUT2D eigenvalue weighted by Gasteiger charge is -2.42. The van der Waals surface area contributed by atoms with Crippen molar-refractivity contribution >= 4 is 39.3 Å². The first-order valence-electron chi connectivity index (χ1n) is 9.43. The summed E-state index contributed by atoms with van der Waals surface area (Å²) >= 11 is 9.83. The van der Waals surface area contributed by atoms with Gasteiger partial charge < -0.3 is 19.7 Å². The van der Waals surface area contributed by atoms with Crippen LogP contribution in [0.25, 0.3) is 0 Å². The van der Waals surface area contributed by atoms with Crippen LogP contribution in [0.15, 0.2) is 40.9 Å². The lowest BCUT2D eigenvalue weighted by molar-refractivity contribution is 0.109. The minimum Gasteiger partial charge on any atom is -0.455 e. The first kappa shape index (κ1) is 19.4. The Morgan fingerprint density at radius 3 is 2.89 bits per heavy atom. The van der Waals surface area contributed by atoms with Gasteiger partial charge in [0.05, 0.1) is 23.9 Å². The normalized spacial score (nSPS) is 20.4. The van der Waals surface area contributed by atoms with E-state index in [1.807, 2.05) is 44.2 Å². The van der Waals surface area contributed by atoms with Crippen molar-refractivity contribution in [2.24, 2.45) is 0 Å². The van der Waals surface area contributed by atoms with Crippen LogP contribution < -0.4 is 15.0 Å². The number of piperidine rings is 1. The van der Waals surface area contributed by atoms with Gasteiger partial charge in [0.25, 0.3) is 0 Å². The summed E-state index contributed by atoms with van der Waals surface area (Å²) in [4.78, 5) is 14.6. The molecule has 2 aromatic rings. The van der Waals surface area contributed by atoms with E-state index in [1.54, 1.807) is 0 Å². The molecule has 4 rings (SSSR count). The van der Waals surface area contributed by atoms with Crippen molar-refractivity contribution in [2.45, 2.75) is 44.9 Å². The fourth-order valence-electron chi connectivity index (χ4n) is 3.96. The number of carbonyl (C=O) groups is 1. The molecule has 0 aromatic heterocycles. The topological polar surface area (TPSA) is 50.8 Å². The van der Waals surface area contributed by atoms with E-state index in [4.69, 9.17) is 21.1 Å². The van der Waals surface area contributed by atoms with Crippen molar-refractivity contribution < 1.29 is 14.3 Å². The molecule has 2 heterocycles. The fourth-order valence-corrected chi connectivity index (χ4v) is 4.47. The zero-order valence-electron chi connectivity index (χ0n) is 15.7. The number of alkyl carbamates (subject to hydrolysis) is 1. The highest BCUT2D eigenvalue weighted by Crippen LogP contribution is 2.48. The van der Waals surface area contributed by atoms with E-state index >= 15 is 0 Å². The molecule has 148 valence electrons. The summed E-state index contributed by atoms with van der Waals surface area (Å²) in [6.45, 7) is 4.54. The highest BCUT2D eigenvalue weighted by atomic mass is 79.9. The van der Waals surface area contributed by atoms with Gasteiger partial charge in [-0.15, -0.1) is 0 Å². The molecule has 0 unspecified atom stereocenters. The Labute approximate surface area is 178 Å². The van der Waals surface area contributed by atoms with E-state index in [0.717, 1.165) is 46.6 Å². The monoisotopic (exact) mass is 464 g/mol. The molecule has 0 spiro atoms. The van der Waals surface area contributed by atoms with Crippen LogP contribution in [0, 0.1) is 0 Å². The maximum Gasteiger partial charge on any atom is 0.407 e. The smallest absolute Gasteiger partial charge is 0.407 e. The summed E-state index contributed by atoms with van der Waals surface area (Å²) in [5, 5.41) is 3.73. The fraction of sp³-hybridized carbons (Fsp3) is 0.381. The van der Waals surface area contributed by atoms with Gasteiger partial charge in [-0.3, -0.25) is 0 Å². The average Bonchev–Trinajstić information content (AvgIpc) is 2.76. The van der Waals surface area contributed by atoms with Crippen LogP contribution in [0.4, 0.5) is 10.5 Å². The lowest BCUT2D eigenvalue weighted by Crippen LogP contribution is -2.50. The first-order chi connectivity index (χ1) is 13.4. The minimum absolute atomic E-state index is 0.0729. The lowest BCUT2D eigenvalue weighted by atomic mass is 9.89. The Balaban J connectivity index is 1.79. The zero-order chi connectivity index (χ0) is 19.8. The highest BCUT2D eigenvalue weighted by Gasteiger charge is 2.39. The molecule has 2 aliphatic rings. The number of anilines is 1. The molecule has 1 amide bonds. The second-order valence-corrected chi connectivity index (χ2v) is 8.73. The van der Waals surface area contributed by atoms with Crippen LogP contribution in [0.2, 0.25) is 5.02 Å². The number of fused-ring (bicyclic) bond motifs is 5. The molecule has 1 N–H and O–H groups in total. The summed E-state index contributed by atoms with van der Waals surface area (Å²) in [6, 6.07) is 11.5. The quantitative estimate of drug-likeness (QED) is 0.586. The largest absolute Gasteiger partial charge is 0.455 e. The molecule has 1 saturated heterocycles. The van der Waals surface area contributed by atoms with Crippen LogP contribution in [0.3, 0.4) is 0 Å². The van der Waals surface area contributed by atoms with Crippen molar-refractivity contribution in [1.29, 1.82) is 0 Å². The van der Waals surface area contributed by atoms with Gasteiger partial charge in [0.2, 0.25) is 0 Å². The van der Waals surface area contributed by atoms with Gasteiger partial charge in [0.1, 0.15) is 5.75 Å². The summed E-state index contributed by atoms with van der Waals surface area (Å²) in [6.07, 6.45) is 1.25. The summed E-state index contributed by atoms with van der Waals surface area (Å²) in [5.74, 6) is 1.54. The number of nitrogens with zero attached hydrogens (tertiary/aromatic N) is 1. The molecule has 0 bridgehead atoms. The number of amides is 1. The van der Waals surface area contributed by atoms with E-state index in [0.29, 0.717) is 5.02 Å². The molecule has 0 radical (unpaired) electrons. The van der Waals surface area contributed by atoms with Crippen molar-refractivity contribution in [3.8, 4) is 11.5 Å². The van der Waals surface area contributed by atoms with E-state index < -0.39 is 6.09 Å². The van der Waals surface area contributed by atoms with Gasteiger partial charge in [-0.05, 0) is 57.0 Å². The molecular weight excluding hydrogens is 444 g/mol. The standard InChI is InChI=1S/C21H22BrClN2O3/c1-12(2)27-21(26)24-16-4-3-9-25-17-11-14(23)6-8-18(17)28-19-10-13(22)5-7-15(19)20(16)25/h5-8,10-12,16,20H,3-4,9H2,1-2H3,(H,24,26)/t16-,20-/m1/s1. The average molecular weight is 466 g/mol. The molecule has 28 heavy (non-hydrogen) atoms. The predicted octanol–water partition coefficient (Wildman–Crippen LogP) is 6.05. The van der Waals surface area contributed by atoms with E-state index in [1.165, 1.54) is 0 Å². The first-order valence-corrected chi connectivity index (χ1v) is 10.6. The van der Waals surface area contributed by atoms with Crippen molar-refractivity contribution in [3.05, 3.63) is 51.5 Å². The molecule has 7 heteroatoms. The Bertz CT molecular complexity index is 905. The van der Waals surface area contributed by atoms with Crippen LogP contribution in [-0.4, -0.2) is 24.8 Å². The van der Waals surface area contributed by atoms with Gasteiger partial charge in [0, 0.05) is 21.6 Å². The number of halogens is 2. The van der Waals surface area contributed by atoms with E-state index in [2.05, 4.69) is 32.2 Å². The molecule has 0 saturated carbocycles. The number of hydrogen-bond acceptors (Lipinski definition) is 4. The number of ether oxygens (including phenoxy) is 2. The molecular formula is C21H22BrClN2O3. The van der Waals surface area contributed by atoms with Gasteiger partial charge in [-0.25, -0.2) is 4.79 Å². The Morgan fingerprint density at radius 1 is 1.29 bits per heavy atom. The molecule has 5 nitrogen and oxygen atoms in total. The minimum atomic E-state index is -0.392. The van der Waals surface area contributed by atoms with Crippen molar-refractivity contribution in [2.75, 3.05) is 11.4 Å². The third-order valence-corrected chi connectivity index (χ3v) is 5.75. The summed E-state index contributed by atoms with van der Waals surface area (Å²) < 4.78 is 12.5. The van der Waals surface area contributed by atoms with Crippen LogP contribution in [-0.2, 0) is 4.74 Å². The molecule has 2 aliphatic heterocycles. The molecule has 0 aliphatic carbocycles. The number of rotatable bonds is 2. The predicted molar refractivity (Wildman–Crippen MR) is 114 cm³/mol. The number of hydrogen-bond donors (Lipinski definition) is 1. The van der Waals surface area contributed by atoms with E-state index in [9.17, 15) is 4.79 Å². The SMILES string of the molecule is CC(C)OC(=O)N[C@@H]1CCCN2c3cc(Cl)ccc3Oc3cc(Br)ccc3[C@H]12. The Kier molecular flexibility index (Phi) is 5.43. The van der Waals surface area contributed by atoms with Gasteiger partial charge in [0.15, 0.2) is 5.75 Å². The maximum absolute atomic E-state index is 12.3. The Hall–Kier alpha value is -1.92. The summed E-state index contributed by atoms with van der Waals surface area (Å²) in [7, 11) is 0. The third kappa shape index (κ3) is 3.80. The second-order valence-electron chi connectivity index (χ2n) is 7.38. The van der Waals surface area contributed by atoms with Crippen LogP contribution in [0.5, 0.6) is 11.5 Å². The van der Waals surface area contributed by atoms with Crippen molar-refractivity contribution in [1.82, 2.24) is 5.32 Å². The zero-order valence-corrected chi connectivity index (χ0v) is 18.1. The summed E-state index contributed by atoms with van der Waals surface area (Å²) in [5.41, 5.74) is 1.97. The van der Waals surface area contributed by atoms with Gasteiger partial charge >= 0.3 is 6.09 Å². The highest BCUT2D eigenvalue weighted by molar-refractivity contribution is 9.10. The Morgan fingerprint density at radius 2 is 2.11 bits per heavy atom. The van der Waals surface area contributed by atoms with Crippen LogP contribution in [0.1, 0.15) is 38.3 Å². The maximum atomic E-state index is 12.3.